The number of hydrogen-bond donors (Lipinski definition) is 3. The van der Waals surface area contributed by atoms with E-state index >= 15 is 0 Å². The molecule has 0 unspecified atom stereocenters. The molecule has 3 N–H and O–H groups in total. The Morgan fingerprint density at radius 2 is 1.91 bits per heavy atom. The maximum atomic E-state index is 13.1. The maximum absolute atomic E-state index is 13.1. The van der Waals surface area contributed by atoms with Gasteiger partial charge in [-0.05, 0) is 49.6 Å². The Bertz CT molecular complexity index is 1160. The Kier molecular flexibility index (Phi) is 6.77. The van der Waals surface area contributed by atoms with Gasteiger partial charge in [0.2, 0.25) is 5.91 Å². The highest BCUT2D eigenvalue weighted by Crippen LogP contribution is 2.38. The second-order valence-corrected chi connectivity index (χ2v) is 8.63. The third-order valence-electron chi connectivity index (χ3n) is 6.11. The summed E-state index contributed by atoms with van der Waals surface area (Å²) in [4.78, 5) is 24.9. The number of benzene rings is 2. The van der Waals surface area contributed by atoms with Crippen molar-refractivity contribution >= 4 is 17.6 Å². The zero-order chi connectivity index (χ0) is 23.4. The van der Waals surface area contributed by atoms with E-state index in [1.54, 1.807) is 19.1 Å². The van der Waals surface area contributed by atoms with Gasteiger partial charge in [-0.15, -0.1) is 0 Å². The minimum absolute atomic E-state index is 0.0484. The van der Waals surface area contributed by atoms with Crippen LogP contribution in [0.3, 0.4) is 0 Å². The molecule has 1 aliphatic rings. The molecule has 0 saturated heterocycles. The molecule has 0 aliphatic heterocycles. The van der Waals surface area contributed by atoms with Gasteiger partial charge in [0.15, 0.2) is 0 Å². The summed E-state index contributed by atoms with van der Waals surface area (Å²) >= 11 is 0. The van der Waals surface area contributed by atoms with Crippen LogP contribution in [0.4, 0.5) is 10.5 Å². The standard InChI is InChI=1S/C26H30N4O3/c1-3-25(32)28-20-11-12-24(31)21(14-20)22-15-23(19-9-4-5-10-19)30(29-22)26(33)27-16-18-8-6-7-17(2)13-18/h6-8,11-15,19,31H,3-5,9-10,16H2,1-2H3,(H,27,33)(H,28,32). The number of rotatable bonds is 6. The fourth-order valence-corrected chi connectivity index (χ4v) is 4.35. The molecule has 0 radical (unpaired) electrons. The SMILES string of the molecule is CCC(=O)Nc1ccc(O)c(-c2cc(C3CCCC3)n(C(=O)NCc3cccc(C)c3)n2)c1. The molecule has 2 amide bonds. The van der Waals surface area contributed by atoms with Gasteiger partial charge in [-0.3, -0.25) is 4.79 Å². The highest BCUT2D eigenvalue weighted by atomic mass is 16.3. The van der Waals surface area contributed by atoms with Crippen LogP contribution in [0.1, 0.15) is 61.8 Å². The summed E-state index contributed by atoms with van der Waals surface area (Å²) in [5.74, 6) is 0.188. The van der Waals surface area contributed by atoms with E-state index in [1.165, 1.54) is 10.7 Å². The minimum atomic E-state index is -0.292. The first-order valence-corrected chi connectivity index (χ1v) is 11.5. The molecule has 1 aromatic heterocycles. The first-order chi connectivity index (χ1) is 15.9. The lowest BCUT2D eigenvalue weighted by Crippen LogP contribution is -2.30. The van der Waals surface area contributed by atoms with Crippen LogP contribution in [0.5, 0.6) is 5.75 Å². The van der Waals surface area contributed by atoms with Gasteiger partial charge >= 0.3 is 6.03 Å². The molecule has 3 aromatic rings. The quantitative estimate of drug-likeness (QED) is 0.446. The molecule has 1 heterocycles. The summed E-state index contributed by atoms with van der Waals surface area (Å²) in [6, 6.07) is 14.5. The topological polar surface area (TPSA) is 96.2 Å². The molecule has 7 nitrogen and oxygen atoms in total. The molecule has 7 heteroatoms. The molecule has 0 spiro atoms. The number of amides is 2. The number of phenols is 1. The Morgan fingerprint density at radius 1 is 1.12 bits per heavy atom. The average Bonchev–Trinajstić information content (AvgIpc) is 3.49. The van der Waals surface area contributed by atoms with Gasteiger partial charge in [0, 0.05) is 30.1 Å². The van der Waals surface area contributed by atoms with E-state index in [9.17, 15) is 14.7 Å². The smallest absolute Gasteiger partial charge is 0.342 e. The Labute approximate surface area is 193 Å². The van der Waals surface area contributed by atoms with E-state index < -0.39 is 0 Å². The number of nitrogens with one attached hydrogen (secondary N) is 2. The lowest BCUT2D eigenvalue weighted by Gasteiger charge is -2.12. The van der Waals surface area contributed by atoms with Crippen molar-refractivity contribution in [2.75, 3.05) is 5.32 Å². The van der Waals surface area contributed by atoms with Crippen molar-refractivity contribution in [3.63, 3.8) is 0 Å². The number of aromatic hydroxyl groups is 1. The lowest BCUT2D eigenvalue weighted by molar-refractivity contribution is -0.115. The van der Waals surface area contributed by atoms with Crippen LogP contribution in [0.15, 0.2) is 48.5 Å². The van der Waals surface area contributed by atoms with Gasteiger partial charge < -0.3 is 15.7 Å². The predicted molar refractivity (Wildman–Crippen MR) is 128 cm³/mol. The third kappa shape index (κ3) is 5.25. The summed E-state index contributed by atoms with van der Waals surface area (Å²) in [6.07, 6.45) is 4.63. The number of aromatic nitrogens is 2. The van der Waals surface area contributed by atoms with Crippen molar-refractivity contribution < 1.29 is 14.7 Å². The number of phenolic OH excluding ortho intramolecular Hbond substituents is 1. The predicted octanol–water partition coefficient (Wildman–Crippen LogP) is 5.33. The Balaban J connectivity index is 1.64. The van der Waals surface area contributed by atoms with Crippen molar-refractivity contribution in [1.82, 2.24) is 15.1 Å². The van der Waals surface area contributed by atoms with E-state index in [-0.39, 0.29) is 23.6 Å². The Hall–Kier alpha value is -3.61. The summed E-state index contributed by atoms with van der Waals surface area (Å²) in [5, 5.41) is 20.9. The van der Waals surface area contributed by atoms with E-state index in [4.69, 9.17) is 0 Å². The van der Waals surface area contributed by atoms with E-state index in [0.717, 1.165) is 42.5 Å². The van der Waals surface area contributed by atoms with Crippen molar-refractivity contribution in [3.05, 3.63) is 65.4 Å². The minimum Gasteiger partial charge on any atom is -0.507 e. The number of nitrogens with zero attached hydrogens (tertiary/aromatic N) is 2. The van der Waals surface area contributed by atoms with Crippen molar-refractivity contribution in [1.29, 1.82) is 0 Å². The molecule has 1 aliphatic carbocycles. The molecule has 1 saturated carbocycles. The zero-order valence-electron chi connectivity index (χ0n) is 19.1. The summed E-state index contributed by atoms with van der Waals surface area (Å²) in [5.41, 5.74) is 4.58. The maximum Gasteiger partial charge on any atom is 0.342 e. The third-order valence-corrected chi connectivity index (χ3v) is 6.11. The fourth-order valence-electron chi connectivity index (χ4n) is 4.35. The first-order valence-electron chi connectivity index (χ1n) is 11.5. The number of carbonyl (C=O) groups excluding carboxylic acids is 2. The van der Waals surface area contributed by atoms with E-state index in [1.807, 2.05) is 37.3 Å². The normalized spacial score (nSPS) is 13.8. The van der Waals surface area contributed by atoms with Crippen LogP contribution < -0.4 is 10.6 Å². The van der Waals surface area contributed by atoms with Crippen LogP contribution in [0.25, 0.3) is 11.3 Å². The number of aryl methyl sites for hydroxylation is 1. The van der Waals surface area contributed by atoms with Crippen LogP contribution in [-0.2, 0) is 11.3 Å². The van der Waals surface area contributed by atoms with Gasteiger partial charge in [0.05, 0.1) is 11.4 Å². The number of hydrogen-bond acceptors (Lipinski definition) is 4. The first kappa shape index (κ1) is 22.6. The summed E-state index contributed by atoms with van der Waals surface area (Å²) < 4.78 is 1.44. The fraction of sp³-hybridized carbons (Fsp3) is 0.346. The highest BCUT2D eigenvalue weighted by molar-refractivity contribution is 5.91. The number of anilines is 1. The monoisotopic (exact) mass is 446 g/mol. The lowest BCUT2D eigenvalue weighted by atomic mass is 10.0. The largest absolute Gasteiger partial charge is 0.507 e. The second-order valence-electron chi connectivity index (χ2n) is 8.63. The van der Waals surface area contributed by atoms with Crippen molar-refractivity contribution in [2.45, 2.75) is 58.4 Å². The molecule has 1 fully saturated rings. The van der Waals surface area contributed by atoms with Gasteiger partial charge in [0.1, 0.15) is 5.75 Å². The summed E-state index contributed by atoms with van der Waals surface area (Å²) in [6.45, 7) is 4.21. The van der Waals surface area contributed by atoms with Crippen LogP contribution in [0, 0.1) is 6.92 Å². The molecule has 4 rings (SSSR count). The van der Waals surface area contributed by atoms with Gasteiger partial charge in [-0.25, -0.2) is 4.79 Å². The van der Waals surface area contributed by atoms with Crippen molar-refractivity contribution in [2.24, 2.45) is 0 Å². The molecule has 0 bridgehead atoms. The van der Waals surface area contributed by atoms with Gasteiger partial charge in [-0.1, -0.05) is 49.6 Å². The van der Waals surface area contributed by atoms with Crippen LogP contribution in [0.2, 0.25) is 0 Å². The molecule has 172 valence electrons. The summed E-state index contributed by atoms with van der Waals surface area (Å²) in [7, 11) is 0. The van der Waals surface area contributed by atoms with E-state index in [0.29, 0.717) is 29.9 Å². The molecule has 33 heavy (non-hydrogen) atoms. The van der Waals surface area contributed by atoms with Gasteiger partial charge in [-0.2, -0.15) is 9.78 Å². The molecule has 2 aromatic carbocycles. The average molecular weight is 447 g/mol. The molecular weight excluding hydrogens is 416 g/mol. The highest BCUT2D eigenvalue weighted by Gasteiger charge is 2.26. The van der Waals surface area contributed by atoms with Crippen molar-refractivity contribution in [3.8, 4) is 17.0 Å². The van der Waals surface area contributed by atoms with Gasteiger partial charge in [0.25, 0.3) is 0 Å². The zero-order valence-corrected chi connectivity index (χ0v) is 19.1. The molecule has 0 atom stereocenters. The van der Waals surface area contributed by atoms with E-state index in [2.05, 4.69) is 15.7 Å². The second kappa shape index (κ2) is 9.90. The van der Waals surface area contributed by atoms with Crippen LogP contribution >= 0.6 is 0 Å². The Morgan fingerprint density at radius 3 is 2.64 bits per heavy atom. The number of carbonyl (C=O) groups is 2. The molecular formula is C26H30N4O3. The van der Waals surface area contributed by atoms with Crippen LogP contribution in [-0.4, -0.2) is 26.8 Å².